The molecule has 0 amide bonds. The summed E-state index contributed by atoms with van der Waals surface area (Å²) < 4.78 is 8.35. The first kappa shape index (κ1) is 40.9. The molecule has 0 aromatic carbocycles. The molecule has 2 aromatic rings. The fourth-order valence-corrected chi connectivity index (χ4v) is 9.76. The first-order valence-corrected chi connectivity index (χ1v) is 21.5. The highest BCUT2D eigenvalue weighted by atomic mass is 79.9. The van der Waals surface area contributed by atoms with Crippen molar-refractivity contribution in [2.24, 2.45) is 35.5 Å². The SMILES string of the molecule is CC.CC(C)CCCC(C)CCCC(C)CCC1(CCC(C)CCCC(C)CCCC(C)C)Oc2ccsc2-c2sc(Br)cc21. The zero-order valence-corrected chi connectivity index (χ0v) is 34.3. The first-order valence-electron chi connectivity index (χ1n) is 19.1. The van der Waals surface area contributed by atoms with Crippen LogP contribution in [-0.2, 0) is 5.60 Å². The summed E-state index contributed by atoms with van der Waals surface area (Å²) in [7, 11) is 0. The topological polar surface area (TPSA) is 9.23 Å². The average Bonchev–Trinajstić information content (AvgIpc) is 3.62. The Kier molecular flexibility index (Phi) is 19.6. The molecule has 4 atom stereocenters. The van der Waals surface area contributed by atoms with E-state index in [-0.39, 0.29) is 5.60 Å². The van der Waals surface area contributed by atoms with Crippen molar-refractivity contribution in [3.63, 3.8) is 0 Å². The third kappa shape index (κ3) is 14.4. The molecular weight excluding hydrogens is 652 g/mol. The van der Waals surface area contributed by atoms with Gasteiger partial charge in [-0.1, -0.05) is 146 Å². The summed E-state index contributed by atoms with van der Waals surface area (Å²) in [6.45, 7) is 23.3. The average molecular weight is 724 g/mol. The molecule has 4 heteroatoms. The van der Waals surface area contributed by atoms with Gasteiger partial charge < -0.3 is 4.74 Å². The minimum Gasteiger partial charge on any atom is -0.481 e. The van der Waals surface area contributed by atoms with Crippen LogP contribution in [0, 0.1) is 35.5 Å². The molecule has 1 aliphatic rings. The van der Waals surface area contributed by atoms with E-state index in [0.717, 1.165) is 54.1 Å². The second-order valence-corrected chi connectivity index (χ2v) is 18.9. The molecule has 3 heterocycles. The van der Waals surface area contributed by atoms with Crippen molar-refractivity contribution in [3.05, 3.63) is 26.9 Å². The van der Waals surface area contributed by atoms with E-state index >= 15 is 0 Å². The number of hydrogen-bond acceptors (Lipinski definition) is 3. The lowest BCUT2D eigenvalue weighted by Gasteiger charge is -2.39. The van der Waals surface area contributed by atoms with E-state index in [2.05, 4.69) is 88.8 Å². The molecule has 0 fully saturated rings. The fraction of sp³-hybridized carbons (Fsp3) is 0.805. The molecule has 0 spiro atoms. The van der Waals surface area contributed by atoms with Crippen molar-refractivity contribution >= 4 is 38.6 Å². The molecule has 1 nitrogen and oxygen atoms in total. The molecule has 45 heavy (non-hydrogen) atoms. The molecule has 260 valence electrons. The van der Waals surface area contributed by atoms with Crippen molar-refractivity contribution in [2.45, 2.75) is 178 Å². The van der Waals surface area contributed by atoms with Crippen LogP contribution in [0.5, 0.6) is 5.75 Å². The molecule has 0 N–H and O–H groups in total. The van der Waals surface area contributed by atoms with Crippen LogP contribution in [0.25, 0.3) is 9.75 Å². The van der Waals surface area contributed by atoms with Crippen molar-refractivity contribution in [1.82, 2.24) is 0 Å². The van der Waals surface area contributed by atoms with Gasteiger partial charge in [0, 0.05) is 5.56 Å². The number of fused-ring (bicyclic) bond motifs is 3. The predicted molar refractivity (Wildman–Crippen MR) is 209 cm³/mol. The largest absolute Gasteiger partial charge is 0.481 e. The molecule has 0 bridgehead atoms. The zero-order valence-electron chi connectivity index (χ0n) is 31.1. The van der Waals surface area contributed by atoms with Gasteiger partial charge in [-0.05, 0) is 94.6 Å². The molecular formula is C41H71BrOS2. The maximum atomic E-state index is 7.11. The van der Waals surface area contributed by atoms with Gasteiger partial charge >= 0.3 is 0 Å². The van der Waals surface area contributed by atoms with Crippen molar-refractivity contribution in [1.29, 1.82) is 0 Å². The number of halogens is 1. The first-order chi connectivity index (χ1) is 21.5. The smallest absolute Gasteiger partial charge is 0.140 e. The lowest BCUT2D eigenvalue weighted by atomic mass is 9.78. The van der Waals surface area contributed by atoms with Gasteiger partial charge in [0.15, 0.2) is 0 Å². The number of hydrogen-bond donors (Lipinski definition) is 0. The summed E-state index contributed by atoms with van der Waals surface area (Å²) in [4.78, 5) is 2.79. The zero-order chi connectivity index (χ0) is 33.4. The Labute approximate surface area is 297 Å². The Morgan fingerprint density at radius 1 is 0.622 bits per heavy atom. The Morgan fingerprint density at radius 2 is 1.04 bits per heavy atom. The molecule has 0 saturated heterocycles. The summed E-state index contributed by atoms with van der Waals surface area (Å²) in [6.07, 6.45) is 21.3. The second kappa shape index (κ2) is 21.6. The summed E-state index contributed by atoms with van der Waals surface area (Å²) in [5, 5.41) is 2.22. The number of rotatable bonds is 22. The molecule has 0 radical (unpaired) electrons. The van der Waals surface area contributed by atoms with Crippen molar-refractivity contribution in [2.75, 3.05) is 0 Å². The van der Waals surface area contributed by atoms with Gasteiger partial charge in [0.2, 0.25) is 0 Å². The Balaban J connectivity index is 0.00000345. The highest BCUT2D eigenvalue weighted by Crippen LogP contribution is 2.55. The van der Waals surface area contributed by atoms with Gasteiger partial charge in [0.05, 0.1) is 13.5 Å². The molecule has 1 aliphatic heterocycles. The minimum atomic E-state index is -0.192. The van der Waals surface area contributed by atoms with Crippen LogP contribution < -0.4 is 4.74 Å². The second-order valence-electron chi connectivity index (χ2n) is 15.5. The van der Waals surface area contributed by atoms with E-state index in [4.69, 9.17) is 4.74 Å². The monoisotopic (exact) mass is 722 g/mol. The van der Waals surface area contributed by atoms with Gasteiger partial charge in [0.1, 0.15) is 11.4 Å². The number of thiophene rings is 2. The van der Waals surface area contributed by atoms with Crippen LogP contribution in [0.1, 0.15) is 178 Å². The van der Waals surface area contributed by atoms with E-state index in [0.29, 0.717) is 0 Å². The Bertz CT molecular complexity index is 1000. The normalized spacial score (nSPS) is 18.5. The molecule has 0 saturated carbocycles. The number of ether oxygens (including phenoxy) is 1. The van der Waals surface area contributed by atoms with Crippen molar-refractivity contribution in [3.8, 4) is 15.5 Å². The van der Waals surface area contributed by atoms with Crippen LogP contribution in [0.2, 0.25) is 0 Å². The maximum Gasteiger partial charge on any atom is 0.140 e. The lowest BCUT2D eigenvalue weighted by molar-refractivity contribution is 0.0323. The van der Waals surface area contributed by atoms with Crippen LogP contribution in [0.15, 0.2) is 21.3 Å². The Morgan fingerprint density at radius 3 is 1.49 bits per heavy atom. The van der Waals surface area contributed by atoms with Gasteiger partial charge in [-0.25, -0.2) is 0 Å². The van der Waals surface area contributed by atoms with E-state index in [1.165, 1.54) is 109 Å². The molecule has 3 rings (SSSR count). The van der Waals surface area contributed by atoms with Crippen molar-refractivity contribution < 1.29 is 4.74 Å². The third-order valence-corrected chi connectivity index (χ3v) is 12.9. The van der Waals surface area contributed by atoms with Gasteiger partial charge in [-0.15, -0.1) is 22.7 Å². The highest BCUT2D eigenvalue weighted by Gasteiger charge is 2.42. The maximum absolute atomic E-state index is 7.11. The summed E-state index contributed by atoms with van der Waals surface area (Å²) in [5.41, 5.74) is 1.26. The van der Waals surface area contributed by atoms with Crippen LogP contribution in [-0.4, -0.2) is 0 Å². The highest BCUT2D eigenvalue weighted by molar-refractivity contribution is 9.11. The van der Waals surface area contributed by atoms with Gasteiger partial charge in [-0.2, -0.15) is 0 Å². The predicted octanol–water partition coefficient (Wildman–Crippen LogP) is 16.0. The van der Waals surface area contributed by atoms with E-state index in [1.807, 2.05) is 36.5 Å². The summed E-state index contributed by atoms with van der Waals surface area (Å²) >= 11 is 7.60. The van der Waals surface area contributed by atoms with Crippen LogP contribution in [0.4, 0.5) is 0 Å². The molecule has 4 unspecified atom stereocenters. The van der Waals surface area contributed by atoms with Crippen LogP contribution in [0.3, 0.4) is 0 Å². The standard InChI is InChI=1S/C39H65BrOS2.C2H6/c1-28(2)13-9-15-30(5)17-11-19-32(7)21-24-39(25-22-33(8)20-12-18-31(6)16-10-14-29(3)4)34-27-36(40)43-37(34)38-35(41-39)23-26-42-38;1-2/h23,26-33H,9-22,24-25H2,1-8H3;1-2H3. The lowest BCUT2D eigenvalue weighted by Crippen LogP contribution is -2.36. The van der Waals surface area contributed by atoms with Gasteiger partial charge in [-0.3, -0.25) is 0 Å². The Hall–Kier alpha value is -0.320. The van der Waals surface area contributed by atoms with Crippen LogP contribution >= 0.6 is 38.6 Å². The van der Waals surface area contributed by atoms with E-state index in [1.54, 1.807) is 0 Å². The van der Waals surface area contributed by atoms with E-state index in [9.17, 15) is 0 Å². The third-order valence-electron chi connectivity index (χ3n) is 10.2. The summed E-state index contributed by atoms with van der Waals surface area (Å²) in [6, 6.07) is 4.62. The van der Waals surface area contributed by atoms with Gasteiger partial charge in [0.25, 0.3) is 0 Å². The molecule has 0 aliphatic carbocycles. The van der Waals surface area contributed by atoms with E-state index < -0.39 is 0 Å². The molecule has 2 aromatic heterocycles. The summed E-state index contributed by atoms with van der Waals surface area (Å²) in [5.74, 6) is 6.02. The quantitative estimate of drug-likeness (QED) is 0.118. The minimum absolute atomic E-state index is 0.192. The fourth-order valence-electron chi connectivity index (χ4n) is 7.09.